The maximum Gasteiger partial charge on any atom is 0.272 e. The van der Waals surface area contributed by atoms with Crippen LogP contribution in [-0.2, 0) is 0 Å². The van der Waals surface area contributed by atoms with E-state index in [0.29, 0.717) is 17.4 Å². The normalized spacial score (nSPS) is 12.3. The summed E-state index contributed by atoms with van der Waals surface area (Å²) in [6.45, 7) is 2.37. The van der Waals surface area contributed by atoms with Crippen LogP contribution >= 0.6 is 0 Å². The molecule has 1 aromatic carbocycles. The van der Waals surface area contributed by atoms with Crippen LogP contribution in [0, 0.1) is 10.1 Å². The number of nitro benzene ring substituents is 1. The molecule has 8 heteroatoms. The molecule has 2 aromatic rings. The molecule has 0 bridgehead atoms. The fourth-order valence-electron chi connectivity index (χ4n) is 1.72. The Balaban J connectivity index is 2.27. The largest absolute Gasteiger partial charge is 0.349 e. The van der Waals surface area contributed by atoms with Crippen LogP contribution in [0.5, 0.6) is 0 Å². The minimum absolute atomic E-state index is 0.0726. The average molecular weight is 277 g/mol. The van der Waals surface area contributed by atoms with Crippen molar-refractivity contribution in [1.29, 1.82) is 0 Å². The van der Waals surface area contributed by atoms with Crippen molar-refractivity contribution < 1.29 is 9.72 Å². The van der Waals surface area contributed by atoms with Crippen LogP contribution < -0.4 is 10.6 Å². The molecule has 0 radical (unpaired) electrons. The Bertz CT molecular complexity index is 652. The highest BCUT2D eigenvalue weighted by atomic mass is 16.6. The summed E-state index contributed by atoms with van der Waals surface area (Å²) in [7, 11) is 1.80. The van der Waals surface area contributed by atoms with Gasteiger partial charge in [-0.3, -0.25) is 20.0 Å². The predicted molar refractivity (Wildman–Crippen MR) is 73.6 cm³/mol. The van der Waals surface area contributed by atoms with Crippen molar-refractivity contribution in [2.45, 2.75) is 13.0 Å². The molecule has 1 atom stereocenters. The van der Waals surface area contributed by atoms with Gasteiger partial charge in [-0.2, -0.15) is 5.10 Å². The SMILES string of the molecule is CNC(C)CNC(=O)c1n[nH]c2ccc([N+](=O)[O-])cc12. The second-order valence-corrected chi connectivity index (χ2v) is 4.46. The summed E-state index contributed by atoms with van der Waals surface area (Å²) in [5.74, 6) is -0.362. The molecule has 0 saturated heterocycles. The van der Waals surface area contributed by atoms with Crippen LogP contribution in [0.1, 0.15) is 17.4 Å². The van der Waals surface area contributed by atoms with E-state index in [1.165, 1.54) is 18.2 Å². The molecule has 2 rings (SSSR count). The number of rotatable bonds is 5. The number of fused-ring (bicyclic) bond motifs is 1. The zero-order valence-electron chi connectivity index (χ0n) is 11.1. The number of likely N-dealkylation sites (N-methyl/N-ethyl adjacent to an activating group) is 1. The molecule has 0 aliphatic carbocycles. The summed E-state index contributed by atoms with van der Waals surface area (Å²) < 4.78 is 0. The number of aromatic amines is 1. The van der Waals surface area contributed by atoms with Gasteiger partial charge in [0, 0.05) is 30.1 Å². The van der Waals surface area contributed by atoms with Crippen molar-refractivity contribution in [2.75, 3.05) is 13.6 Å². The Hall–Kier alpha value is -2.48. The van der Waals surface area contributed by atoms with Gasteiger partial charge in [0.15, 0.2) is 5.69 Å². The fourth-order valence-corrected chi connectivity index (χ4v) is 1.72. The second kappa shape index (κ2) is 5.66. The van der Waals surface area contributed by atoms with Gasteiger partial charge < -0.3 is 10.6 Å². The molecule has 1 amide bonds. The molecule has 8 nitrogen and oxygen atoms in total. The summed E-state index contributed by atoms with van der Waals surface area (Å²) in [5, 5.41) is 23.5. The molecular formula is C12H15N5O3. The first-order valence-corrected chi connectivity index (χ1v) is 6.11. The van der Waals surface area contributed by atoms with E-state index in [1.807, 2.05) is 6.92 Å². The molecule has 0 spiro atoms. The first-order chi connectivity index (χ1) is 9.52. The van der Waals surface area contributed by atoms with Crippen molar-refractivity contribution in [3.8, 4) is 0 Å². The molecule has 1 unspecified atom stereocenters. The number of benzene rings is 1. The van der Waals surface area contributed by atoms with Crippen LogP contribution in [0.2, 0.25) is 0 Å². The number of hydrogen-bond donors (Lipinski definition) is 3. The first-order valence-electron chi connectivity index (χ1n) is 6.11. The number of amides is 1. The van der Waals surface area contributed by atoms with Gasteiger partial charge in [0.25, 0.3) is 11.6 Å². The summed E-state index contributed by atoms with van der Waals surface area (Å²) in [5.41, 5.74) is 0.672. The van der Waals surface area contributed by atoms with Crippen LogP contribution in [0.4, 0.5) is 5.69 Å². The summed E-state index contributed by atoms with van der Waals surface area (Å²) >= 11 is 0. The maximum absolute atomic E-state index is 12.0. The lowest BCUT2D eigenvalue weighted by Gasteiger charge is -2.10. The summed E-state index contributed by atoms with van der Waals surface area (Å²) in [4.78, 5) is 22.3. The van der Waals surface area contributed by atoms with Gasteiger partial charge in [-0.25, -0.2) is 0 Å². The highest BCUT2D eigenvalue weighted by Crippen LogP contribution is 2.21. The Labute approximate surface area is 114 Å². The number of nitrogens with zero attached hydrogens (tertiary/aromatic N) is 2. The predicted octanol–water partition coefficient (Wildman–Crippen LogP) is 0.809. The Kier molecular flexibility index (Phi) is 3.94. The smallest absolute Gasteiger partial charge is 0.272 e. The molecule has 1 heterocycles. The summed E-state index contributed by atoms with van der Waals surface area (Å²) in [6.07, 6.45) is 0. The third-order valence-corrected chi connectivity index (χ3v) is 3.03. The van der Waals surface area contributed by atoms with E-state index in [4.69, 9.17) is 0 Å². The van der Waals surface area contributed by atoms with Crippen molar-refractivity contribution in [3.63, 3.8) is 0 Å². The number of carbonyl (C=O) groups excluding carboxylic acids is 1. The Morgan fingerprint density at radius 3 is 2.95 bits per heavy atom. The molecular weight excluding hydrogens is 262 g/mol. The number of nitrogens with one attached hydrogen (secondary N) is 3. The van der Waals surface area contributed by atoms with E-state index in [9.17, 15) is 14.9 Å². The van der Waals surface area contributed by atoms with Gasteiger partial charge in [0.2, 0.25) is 0 Å². The third-order valence-electron chi connectivity index (χ3n) is 3.03. The van der Waals surface area contributed by atoms with E-state index in [1.54, 1.807) is 7.05 Å². The Morgan fingerprint density at radius 2 is 2.30 bits per heavy atom. The van der Waals surface area contributed by atoms with Crippen molar-refractivity contribution in [2.24, 2.45) is 0 Å². The van der Waals surface area contributed by atoms with Crippen LogP contribution in [-0.4, -0.2) is 40.7 Å². The number of aromatic nitrogens is 2. The van der Waals surface area contributed by atoms with E-state index < -0.39 is 4.92 Å². The van der Waals surface area contributed by atoms with Crippen LogP contribution in [0.25, 0.3) is 10.9 Å². The van der Waals surface area contributed by atoms with E-state index in [0.717, 1.165) is 0 Å². The molecule has 0 aliphatic heterocycles. The van der Waals surface area contributed by atoms with Crippen molar-refractivity contribution in [3.05, 3.63) is 34.0 Å². The summed E-state index contributed by atoms with van der Waals surface area (Å²) in [6, 6.07) is 4.37. The van der Waals surface area contributed by atoms with E-state index >= 15 is 0 Å². The lowest BCUT2D eigenvalue weighted by Crippen LogP contribution is -2.37. The standard InChI is InChI=1S/C12H15N5O3/c1-7(13-2)6-14-12(18)11-9-5-8(17(19)20)3-4-10(9)15-16-11/h3-5,7,13H,6H2,1-2H3,(H,14,18)(H,15,16). The van der Waals surface area contributed by atoms with Gasteiger partial charge >= 0.3 is 0 Å². The highest BCUT2D eigenvalue weighted by molar-refractivity contribution is 6.05. The molecule has 0 fully saturated rings. The molecule has 20 heavy (non-hydrogen) atoms. The van der Waals surface area contributed by atoms with E-state index in [-0.39, 0.29) is 23.3 Å². The molecule has 0 saturated carbocycles. The zero-order chi connectivity index (χ0) is 14.7. The number of nitro groups is 1. The minimum Gasteiger partial charge on any atom is -0.349 e. The topological polar surface area (TPSA) is 113 Å². The van der Waals surface area contributed by atoms with Crippen LogP contribution in [0.15, 0.2) is 18.2 Å². The van der Waals surface area contributed by atoms with E-state index in [2.05, 4.69) is 20.8 Å². The number of non-ortho nitro benzene ring substituents is 1. The number of carbonyl (C=O) groups is 1. The first kappa shape index (κ1) is 13.9. The number of H-pyrrole nitrogens is 1. The number of hydrogen-bond acceptors (Lipinski definition) is 5. The third kappa shape index (κ3) is 2.75. The maximum atomic E-state index is 12.0. The van der Waals surface area contributed by atoms with Gasteiger partial charge in [0.1, 0.15) is 0 Å². The lowest BCUT2D eigenvalue weighted by atomic mass is 10.2. The van der Waals surface area contributed by atoms with Gasteiger partial charge in [-0.1, -0.05) is 0 Å². The Morgan fingerprint density at radius 1 is 1.55 bits per heavy atom. The van der Waals surface area contributed by atoms with Gasteiger partial charge in [-0.15, -0.1) is 0 Å². The highest BCUT2D eigenvalue weighted by Gasteiger charge is 2.17. The molecule has 1 aromatic heterocycles. The zero-order valence-corrected chi connectivity index (χ0v) is 11.1. The molecule has 106 valence electrons. The second-order valence-electron chi connectivity index (χ2n) is 4.46. The molecule has 0 aliphatic rings. The lowest BCUT2D eigenvalue weighted by molar-refractivity contribution is -0.384. The fraction of sp³-hybridized carbons (Fsp3) is 0.333. The van der Waals surface area contributed by atoms with Gasteiger partial charge in [0.05, 0.1) is 10.4 Å². The van der Waals surface area contributed by atoms with Crippen molar-refractivity contribution >= 4 is 22.5 Å². The van der Waals surface area contributed by atoms with Crippen LogP contribution in [0.3, 0.4) is 0 Å². The van der Waals surface area contributed by atoms with Crippen molar-refractivity contribution in [1.82, 2.24) is 20.8 Å². The quantitative estimate of drug-likeness (QED) is 0.553. The van der Waals surface area contributed by atoms with Gasteiger partial charge in [-0.05, 0) is 20.0 Å². The monoisotopic (exact) mass is 277 g/mol. The average Bonchev–Trinajstić information content (AvgIpc) is 2.87. The minimum atomic E-state index is -0.503. The molecule has 3 N–H and O–H groups in total.